The summed E-state index contributed by atoms with van der Waals surface area (Å²) in [5.41, 5.74) is 2.92. The second-order valence-electron chi connectivity index (χ2n) is 6.14. The molecule has 3 aromatic rings. The van der Waals surface area contributed by atoms with Crippen LogP contribution in [0.15, 0.2) is 72.8 Å². The second kappa shape index (κ2) is 8.81. The maximum Gasteiger partial charge on any atom is 0.163 e. The SMILES string of the molecule is CC(=O)c1cc(C=O)ccc1OCc1ccc(OCc2ccccc2)cc1. The van der Waals surface area contributed by atoms with E-state index in [0.717, 1.165) is 16.9 Å². The van der Waals surface area contributed by atoms with Crippen molar-refractivity contribution in [3.8, 4) is 11.5 Å². The van der Waals surface area contributed by atoms with Crippen molar-refractivity contribution in [2.45, 2.75) is 20.1 Å². The fourth-order valence-electron chi connectivity index (χ4n) is 2.61. The van der Waals surface area contributed by atoms with Crippen LogP contribution in [0.25, 0.3) is 0 Å². The first kappa shape index (κ1) is 18.4. The van der Waals surface area contributed by atoms with E-state index >= 15 is 0 Å². The molecular formula is C23H20O4. The molecule has 0 N–H and O–H groups in total. The van der Waals surface area contributed by atoms with Crippen LogP contribution in [0, 0.1) is 0 Å². The number of hydrogen-bond acceptors (Lipinski definition) is 4. The smallest absolute Gasteiger partial charge is 0.163 e. The lowest BCUT2D eigenvalue weighted by Gasteiger charge is -2.11. The number of aldehydes is 1. The molecule has 0 saturated heterocycles. The second-order valence-corrected chi connectivity index (χ2v) is 6.14. The van der Waals surface area contributed by atoms with E-state index in [-0.39, 0.29) is 5.78 Å². The van der Waals surface area contributed by atoms with Gasteiger partial charge in [-0.05, 0) is 48.4 Å². The Labute approximate surface area is 158 Å². The molecule has 0 amide bonds. The minimum Gasteiger partial charge on any atom is -0.489 e. The van der Waals surface area contributed by atoms with Gasteiger partial charge < -0.3 is 9.47 Å². The number of carbonyl (C=O) groups excluding carboxylic acids is 2. The molecule has 27 heavy (non-hydrogen) atoms. The van der Waals surface area contributed by atoms with Crippen molar-refractivity contribution in [2.24, 2.45) is 0 Å². The summed E-state index contributed by atoms with van der Waals surface area (Å²) in [5.74, 6) is 1.11. The fraction of sp³-hybridized carbons (Fsp3) is 0.130. The van der Waals surface area contributed by atoms with Crippen molar-refractivity contribution in [2.75, 3.05) is 0 Å². The quantitative estimate of drug-likeness (QED) is 0.425. The topological polar surface area (TPSA) is 52.6 Å². The number of benzene rings is 3. The maximum atomic E-state index is 11.8. The highest BCUT2D eigenvalue weighted by Crippen LogP contribution is 2.22. The Hall–Kier alpha value is -3.40. The lowest BCUT2D eigenvalue weighted by atomic mass is 10.1. The van der Waals surface area contributed by atoms with Crippen LogP contribution in [0.4, 0.5) is 0 Å². The molecule has 0 aromatic heterocycles. The van der Waals surface area contributed by atoms with Crippen molar-refractivity contribution < 1.29 is 19.1 Å². The zero-order valence-corrected chi connectivity index (χ0v) is 15.1. The summed E-state index contributed by atoms with van der Waals surface area (Å²) >= 11 is 0. The number of ketones is 1. The van der Waals surface area contributed by atoms with Gasteiger partial charge in [0.25, 0.3) is 0 Å². The summed E-state index contributed by atoms with van der Waals surface area (Å²) in [7, 11) is 0. The van der Waals surface area contributed by atoms with E-state index < -0.39 is 0 Å². The van der Waals surface area contributed by atoms with Gasteiger partial charge in [0.05, 0.1) is 5.56 Å². The molecule has 0 unspecified atom stereocenters. The van der Waals surface area contributed by atoms with E-state index in [4.69, 9.17) is 9.47 Å². The Kier molecular flexibility index (Phi) is 6.00. The zero-order valence-electron chi connectivity index (χ0n) is 15.1. The van der Waals surface area contributed by atoms with Gasteiger partial charge in [0.2, 0.25) is 0 Å². The average Bonchev–Trinajstić information content (AvgIpc) is 2.72. The van der Waals surface area contributed by atoms with Crippen molar-refractivity contribution in [1.82, 2.24) is 0 Å². The summed E-state index contributed by atoms with van der Waals surface area (Å²) in [6.45, 7) is 2.29. The molecule has 0 spiro atoms. The molecule has 0 atom stereocenters. The molecule has 4 nitrogen and oxygen atoms in total. The molecule has 0 bridgehead atoms. The maximum absolute atomic E-state index is 11.8. The lowest BCUT2D eigenvalue weighted by molar-refractivity contribution is 0.101. The Bertz CT molecular complexity index is 915. The lowest BCUT2D eigenvalue weighted by Crippen LogP contribution is -2.03. The third-order valence-corrected chi connectivity index (χ3v) is 4.09. The van der Waals surface area contributed by atoms with Gasteiger partial charge in [0, 0.05) is 5.56 Å². The highest BCUT2D eigenvalue weighted by Gasteiger charge is 2.10. The van der Waals surface area contributed by atoms with Crippen LogP contribution < -0.4 is 9.47 Å². The minimum absolute atomic E-state index is 0.140. The van der Waals surface area contributed by atoms with E-state index in [1.807, 2.05) is 54.6 Å². The molecule has 3 rings (SSSR count). The average molecular weight is 360 g/mol. The van der Waals surface area contributed by atoms with Crippen LogP contribution in [0.1, 0.15) is 38.8 Å². The Morgan fingerprint density at radius 2 is 1.52 bits per heavy atom. The van der Waals surface area contributed by atoms with Gasteiger partial charge in [0.1, 0.15) is 31.0 Å². The van der Waals surface area contributed by atoms with Gasteiger partial charge in [0.15, 0.2) is 5.78 Å². The molecule has 136 valence electrons. The third kappa shape index (κ3) is 5.05. The van der Waals surface area contributed by atoms with Crippen LogP contribution in [-0.4, -0.2) is 12.1 Å². The Morgan fingerprint density at radius 3 is 2.19 bits per heavy atom. The molecule has 0 fully saturated rings. The normalized spacial score (nSPS) is 10.3. The zero-order chi connectivity index (χ0) is 19.1. The van der Waals surface area contributed by atoms with Gasteiger partial charge in [-0.25, -0.2) is 0 Å². The van der Waals surface area contributed by atoms with Gasteiger partial charge in [-0.1, -0.05) is 42.5 Å². The van der Waals surface area contributed by atoms with Gasteiger partial charge >= 0.3 is 0 Å². The molecule has 0 saturated carbocycles. The molecule has 0 aliphatic carbocycles. The van der Waals surface area contributed by atoms with Crippen molar-refractivity contribution in [1.29, 1.82) is 0 Å². The Balaban J connectivity index is 1.60. The highest BCUT2D eigenvalue weighted by atomic mass is 16.5. The van der Waals surface area contributed by atoms with Crippen LogP contribution in [0.3, 0.4) is 0 Å². The van der Waals surface area contributed by atoms with Crippen LogP contribution in [-0.2, 0) is 13.2 Å². The minimum atomic E-state index is -0.140. The van der Waals surface area contributed by atoms with E-state index in [1.54, 1.807) is 18.2 Å². The van der Waals surface area contributed by atoms with Crippen LogP contribution >= 0.6 is 0 Å². The first-order valence-corrected chi connectivity index (χ1v) is 8.64. The summed E-state index contributed by atoms with van der Waals surface area (Å²) in [5, 5.41) is 0. The fourth-order valence-corrected chi connectivity index (χ4v) is 2.61. The molecule has 0 aliphatic rings. The molecule has 0 aliphatic heterocycles. The largest absolute Gasteiger partial charge is 0.489 e. The van der Waals surface area contributed by atoms with Crippen LogP contribution in [0.2, 0.25) is 0 Å². The molecular weight excluding hydrogens is 340 g/mol. The van der Waals surface area contributed by atoms with E-state index in [2.05, 4.69) is 0 Å². The van der Waals surface area contributed by atoms with Gasteiger partial charge in [-0.2, -0.15) is 0 Å². The molecule has 0 heterocycles. The molecule has 0 radical (unpaired) electrons. The van der Waals surface area contributed by atoms with Crippen molar-refractivity contribution in [3.05, 3.63) is 95.1 Å². The summed E-state index contributed by atoms with van der Waals surface area (Å²) in [6, 6.07) is 22.4. The first-order valence-electron chi connectivity index (χ1n) is 8.64. The number of hydrogen-bond donors (Lipinski definition) is 0. The van der Waals surface area contributed by atoms with E-state index in [9.17, 15) is 9.59 Å². The van der Waals surface area contributed by atoms with Gasteiger partial charge in [-0.3, -0.25) is 9.59 Å². The van der Waals surface area contributed by atoms with Crippen molar-refractivity contribution in [3.63, 3.8) is 0 Å². The molecule has 4 heteroatoms. The summed E-state index contributed by atoms with van der Waals surface area (Å²) in [6.07, 6.45) is 0.713. The standard InChI is InChI=1S/C23H20O4/c1-17(25)22-13-20(14-24)9-12-23(22)27-16-19-7-10-21(11-8-19)26-15-18-5-3-2-4-6-18/h2-14H,15-16H2,1H3. The Morgan fingerprint density at radius 1 is 0.852 bits per heavy atom. The number of Topliss-reactive ketones (excluding diaryl/α,β-unsaturated/α-hetero) is 1. The van der Waals surface area contributed by atoms with E-state index in [1.165, 1.54) is 6.92 Å². The summed E-state index contributed by atoms with van der Waals surface area (Å²) in [4.78, 5) is 22.7. The highest BCUT2D eigenvalue weighted by molar-refractivity contribution is 5.98. The predicted molar refractivity (Wildman–Crippen MR) is 103 cm³/mol. The number of rotatable bonds is 8. The predicted octanol–water partition coefficient (Wildman–Crippen LogP) is 4.86. The summed E-state index contributed by atoms with van der Waals surface area (Å²) < 4.78 is 11.5. The number of carbonyl (C=O) groups is 2. The number of ether oxygens (including phenoxy) is 2. The monoisotopic (exact) mass is 360 g/mol. The van der Waals surface area contributed by atoms with Crippen LogP contribution in [0.5, 0.6) is 11.5 Å². The third-order valence-electron chi connectivity index (χ3n) is 4.09. The molecule has 3 aromatic carbocycles. The first-order chi connectivity index (χ1) is 13.2. The van der Waals surface area contributed by atoms with E-state index in [0.29, 0.717) is 36.4 Å². The van der Waals surface area contributed by atoms with Gasteiger partial charge in [-0.15, -0.1) is 0 Å². The van der Waals surface area contributed by atoms with Crippen molar-refractivity contribution >= 4 is 12.1 Å².